The van der Waals surface area contributed by atoms with Gasteiger partial charge >= 0.3 is 0 Å². The molecule has 2 N–H and O–H groups in total. The van der Waals surface area contributed by atoms with Crippen LogP contribution in [0.1, 0.15) is 44.2 Å². The van der Waals surface area contributed by atoms with Crippen molar-refractivity contribution in [3.8, 4) is 5.75 Å². The van der Waals surface area contributed by atoms with Crippen molar-refractivity contribution in [1.82, 2.24) is 0 Å². The molecule has 17 heavy (non-hydrogen) atoms. The molecule has 1 aromatic rings. The molecule has 94 valence electrons. The second-order valence-corrected chi connectivity index (χ2v) is 5.94. The normalized spacial score (nSPS) is 18.6. The number of fused-ring (bicyclic) bond motifs is 1. The summed E-state index contributed by atoms with van der Waals surface area (Å²) < 4.78 is 6.05. The van der Waals surface area contributed by atoms with Crippen molar-refractivity contribution in [2.24, 2.45) is 5.73 Å². The minimum atomic E-state index is -0.121. The van der Waals surface area contributed by atoms with Gasteiger partial charge in [-0.1, -0.05) is 18.5 Å². The van der Waals surface area contributed by atoms with Crippen LogP contribution in [0.15, 0.2) is 12.1 Å². The van der Waals surface area contributed by atoms with E-state index in [-0.39, 0.29) is 5.60 Å². The molecule has 1 aromatic carbocycles. The molecule has 0 saturated carbocycles. The van der Waals surface area contributed by atoms with Crippen LogP contribution >= 0.6 is 11.6 Å². The van der Waals surface area contributed by atoms with Gasteiger partial charge in [0.2, 0.25) is 0 Å². The second-order valence-electron chi connectivity index (χ2n) is 5.50. The lowest BCUT2D eigenvalue weighted by molar-refractivity contribution is 0.136. The van der Waals surface area contributed by atoms with Crippen molar-refractivity contribution in [2.45, 2.75) is 45.1 Å². The van der Waals surface area contributed by atoms with Gasteiger partial charge in [0.1, 0.15) is 11.4 Å². The highest BCUT2D eigenvalue weighted by Crippen LogP contribution is 2.42. The molecule has 1 atom stereocenters. The number of ether oxygens (including phenoxy) is 1. The van der Waals surface area contributed by atoms with E-state index in [0.717, 1.165) is 23.6 Å². The Kier molecular flexibility index (Phi) is 3.37. The molecule has 1 aliphatic heterocycles. The highest BCUT2D eigenvalue weighted by molar-refractivity contribution is 6.30. The van der Waals surface area contributed by atoms with Gasteiger partial charge in [0, 0.05) is 11.4 Å². The molecule has 0 spiro atoms. The Labute approximate surface area is 108 Å². The zero-order valence-electron chi connectivity index (χ0n) is 10.7. The van der Waals surface area contributed by atoms with Crippen molar-refractivity contribution >= 4 is 11.6 Å². The molecule has 2 nitrogen and oxygen atoms in total. The zero-order chi connectivity index (χ0) is 12.6. The molecule has 1 unspecified atom stereocenters. The summed E-state index contributed by atoms with van der Waals surface area (Å²) in [5.41, 5.74) is 7.93. The maximum absolute atomic E-state index is 6.18. The van der Waals surface area contributed by atoms with Crippen molar-refractivity contribution in [3.05, 3.63) is 28.3 Å². The first kappa shape index (κ1) is 12.7. The topological polar surface area (TPSA) is 35.2 Å². The lowest BCUT2D eigenvalue weighted by Crippen LogP contribution is -2.25. The molecule has 1 aliphatic rings. The Morgan fingerprint density at radius 2 is 2.18 bits per heavy atom. The molecule has 0 radical (unpaired) electrons. The molecule has 0 bridgehead atoms. The van der Waals surface area contributed by atoms with E-state index in [2.05, 4.69) is 20.8 Å². The van der Waals surface area contributed by atoms with Gasteiger partial charge in [-0.3, -0.25) is 0 Å². The van der Waals surface area contributed by atoms with Crippen molar-refractivity contribution in [2.75, 3.05) is 6.54 Å². The molecule has 0 aliphatic carbocycles. The van der Waals surface area contributed by atoms with Crippen LogP contribution in [-0.2, 0) is 6.42 Å². The van der Waals surface area contributed by atoms with E-state index in [9.17, 15) is 0 Å². The summed E-state index contributed by atoms with van der Waals surface area (Å²) in [5, 5.41) is 0.795. The van der Waals surface area contributed by atoms with E-state index in [1.165, 1.54) is 11.1 Å². The van der Waals surface area contributed by atoms with E-state index in [4.69, 9.17) is 22.1 Å². The first-order chi connectivity index (χ1) is 7.93. The SMILES string of the molecule is CC(CCN)c1cc(Cl)cc2c1OC(C)(C)C2. The van der Waals surface area contributed by atoms with Crippen LogP contribution in [0.5, 0.6) is 5.75 Å². The van der Waals surface area contributed by atoms with Gasteiger partial charge < -0.3 is 10.5 Å². The van der Waals surface area contributed by atoms with Crippen molar-refractivity contribution in [1.29, 1.82) is 0 Å². The van der Waals surface area contributed by atoms with E-state index in [1.54, 1.807) is 0 Å². The summed E-state index contributed by atoms with van der Waals surface area (Å²) in [6, 6.07) is 4.03. The molecule has 2 rings (SSSR count). The van der Waals surface area contributed by atoms with Gasteiger partial charge in [0.25, 0.3) is 0 Å². The van der Waals surface area contributed by atoms with E-state index < -0.39 is 0 Å². The number of benzene rings is 1. The second kappa shape index (κ2) is 4.51. The van der Waals surface area contributed by atoms with Crippen LogP contribution in [0.3, 0.4) is 0 Å². The van der Waals surface area contributed by atoms with Crippen molar-refractivity contribution < 1.29 is 4.74 Å². The van der Waals surface area contributed by atoms with Crippen molar-refractivity contribution in [3.63, 3.8) is 0 Å². The van der Waals surface area contributed by atoms with Gasteiger partial charge in [-0.2, -0.15) is 0 Å². The van der Waals surface area contributed by atoms with Crippen LogP contribution in [0.25, 0.3) is 0 Å². The Hall–Kier alpha value is -0.730. The maximum Gasteiger partial charge on any atom is 0.127 e. The maximum atomic E-state index is 6.18. The Morgan fingerprint density at radius 3 is 2.82 bits per heavy atom. The average Bonchev–Trinajstić information content (AvgIpc) is 2.51. The van der Waals surface area contributed by atoms with E-state index in [1.807, 2.05) is 12.1 Å². The van der Waals surface area contributed by atoms with Crippen LogP contribution in [-0.4, -0.2) is 12.1 Å². The minimum absolute atomic E-state index is 0.121. The fourth-order valence-corrected chi connectivity index (χ4v) is 2.72. The third-order valence-electron chi connectivity index (χ3n) is 3.28. The summed E-state index contributed by atoms with van der Waals surface area (Å²) in [7, 11) is 0. The van der Waals surface area contributed by atoms with Gasteiger partial charge in [0.05, 0.1) is 0 Å². The summed E-state index contributed by atoms with van der Waals surface area (Å²) in [6.45, 7) is 7.08. The van der Waals surface area contributed by atoms with Gasteiger partial charge in [0.15, 0.2) is 0 Å². The van der Waals surface area contributed by atoms with Crippen LogP contribution in [0.4, 0.5) is 0 Å². The minimum Gasteiger partial charge on any atom is -0.487 e. The van der Waals surface area contributed by atoms with Crippen LogP contribution in [0.2, 0.25) is 5.02 Å². The number of hydrogen-bond donors (Lipinski definition) is 1. The zero-order valence-corrected chi connectivity index (χ0v) is 11.5. The van der Waals surface area contributed by atoms with Crippen LogP contribution < -0.4 is 10.5 Å². The molecule has 3 heteroatoms. The molecule has 0 fully saturated rings. The molecular weight excluding hydrogens is 234 g/mol. The number of halogens is 1. The molecular formula is C14H20ClNO. The quantitative estimate of drug-likeness (QED) is 0.895. The Morgan fingerprint density at radius 1 is 1.47 bits per heavy atom. The molecule has 0 amide bonds. The largest absolute Gasteiger partial charge is 0.487 e. The Balaban J connectivity index is 2.41. The molecule has 0 saturated heterocycles. The van der Waals surface area contributed by atoms with Gasteiger partial charge in [-0.05, 0) is 56.0 Å². The number of hydrogen-bond acceptors (Lipinski definition) is 2. The summed E-state index contributed by atoms with van der Waals surface area (Å²) in [4.78, 5) is 0. The third-order valence-corrected chi connectivity index (χ3v) is 3.50. The lowest BCUT2D eigenvalue weighted by Gasteiger charge is -2.20. The number of rotatable bonds is 3. The monoisotopic (exact) mass is 253 g/mol. The number of nitrogens with two attached hydrogens (primary N) is 1. The van der Waals surface area contributed by atoms with E-state index in [0.29, 0.717) is 12.5 Å². The smallest absolute Gasteiger partial charge is 0.127 e. The first-order valence-electron chi connectivity index (χ1n) is 6.14. The summed E-state index contributed by atoms with van der Waals surface area (Å²) in [5.74, 6) is 1.42. The highest BCUT2D eigenvalue weighted by Gasteiger charge is 2.33. The predicted octanol–water partition coefficient (Wildman–Crippen LogP) is 3.51. The fraction of sp³-hybridized carbons (Fsp3) is 0.571. The van der Waals surface area contributed by atoms with Gasteiger partial charge in [-0.25, -0.2) is 0 Å². The van der Waals surface area contributed by atoms with Crippen LogP contribution in [0, 0.1) is 0 Å². The molecule has 1 heterocycles. The van der Waals surface area contributed by atoms with E-state index >= 15 is 0 Å². The Bertz CT molecular complexity index is 428. The predicted molar refractivity (Wildman–Crippen MR) is 71.9 cm³/mol. The van der Waals surface area contributed by atoms with Gasteiger partial charge in [-0.15, -0.1) is 0 Å². The lowest BCUT2D eigenvalue weighted by atomic mass is 9.93. The third kappa shape index (κ3) is 2.58. The summed E-state index contributed by atoms with van der Waals surface area (Å²) in [6.07, 6.45) is 1.88. The first-order valence-corrected chi connectivity index (χ1v) is 6.52. The fourth-order valence-electron chi connectivity index (χ4n) is 2.47. The standard InChI is InChI=1S/C14H20ClNO/c1-9(4-5-16)12-7-11(15)6-10-8-14(2,3)17-13(10)12/h6-7,9H,4-5,8,16H2,1-3H3. The highest BCUT2D eigenvalue weighted by atomic mass is 35.5. The average molecular weight is 254 g/mol. The molecule has 0 aromatic heterocycles. The summed E-state index contributed by atoms with van der Waals surface area (Å²) >= 11 is 6.18.